The van der Waals surface area contributed by atoms with Crippen molar-refractivity contribution in [3.63, 3.8) is 0 Å². The molecule has 3 aromatic rings. The Labute approximate surface area is 174 Å². The van der Waals surface area contributed by atoms with E-state index in [4.69, 9.17) is 4.74 Å². The molecule has 0 saturated heterocycles. The molecule has 0 bridgehead atoms. The average molecular weight is 403 g/mol. The van der Waals surface area contributed by atoms with Crippen LogP contribution in [-0.2, 0) is 13.1 Å². The maximum atomic E-state index is 13.6. The highest BCUT2D eigenvalue weighted by Gasteiger charge is 2.20. The van der Waals surface area contributed by atoms with Gasteiger partial charge in [-0.2, -0.15) is 5.10 Å². The number of fused-ring (bicyclic) bond motifs is 1. The van der Waals surface area contributed by atoms with Crippen LogP contribution in [0.1, 0.15) is 34.0 Å². The topological polar surface area (TPSA) is 53.9 Å². The maximum Gasteiger partial charge on any atom is 0.271 e. The Kier molecular flexibility index (Phi) is 5.75. The van der Waals surface area contributed by atoms with Crippen LogP contribution in [0.25, 0.3) is 0 Å². The number of hydrazone groups is 1. The van der Waals surface area contributed by atoms with Gasteiger partial charge in [0.05, 0.1) is 12.8 Å². The first-order valence-corrected chi connectivity index (χ1v) is 9.81. The summed E-state index contributed by atoms with van der Waals surface area (Å²) in [5, 5.41) is 3.87. The quantitative estimate of drug-likeness (QED) is 0.487. The zero-order valence-corrected chi connectivity index (χ0v) is 16.6. The number of rotatable bonds is 6. The lowest BCUT2D eigenvalue weighted by Crippen LogP contribution is -2.18. The molecule has 30 heavy (non-hydrogen) atoms. The number of ether oxygens (including phenoxy) is 1. The first kappa shape index (κ1) is 19.6. The fourth-order valence-corrected chi connectivity index (χ4v) is 3.44. The number of carbonyl (C=O) groups is 1. The van der Waals surface area contributed by atoms with Crippen LogP contribution in [0.5, 0.6) is 5.75 Å². The van der Waals surface area contributed by atoms with E-state index >= 15 is 0 Å². The molecule has 1 N–H and O–H groups in total. The van der Waals surface area contributed by atoms with E-state index in [1.54, 1.807) is 24.3 Å². The summed E-state index contributed by atoms with van der Waals surface area (Å²) >= 11 is 0. The van der Waals surface area contributed by atoms with Gasteiger partial charge in [-0.1, -0.05) is 24.3 Å². The van der Waals surface area contributed by atoms with Crippen molar-refractivity contribution in [1.82, 2.24) is 5.43 Å². The molecule has 0 radical (unpaired) electrons. The van der Waals surface area contributed by atoms with Crippen molar-refractivity contribution in [3.05, 3.63) is 94.8 Å². The molecule has 0 aromatic heterocycles. The molecule has 3 aromatic carbocycles. The highest BCUT2D eigenvalue weighted by Crippen LogP contribution is 2.30. The van der Waals surface area contributed by atoms with Crippen LogP contribution in [-0.4, -0.2) is 18.7 Å². The van der Waals surface area contributed by atoms with Crippen molar-refractivity contribution in [2.45, 2.75) is 20.0 Å². The Bertz CT molecular complexity index is 1080. The Morgan fingerprint density at radius 1 is 1.10 bits per heavy atom. The standard InChI is InChI=1S/C24H22FN3O2/c1-2-30-22-11-9-21(10-12-22)28-15-19-8-7-17(13-20(19)16-28)24(29)27-26-14-18-5-3-4-6-23(18)25/h3-14H,2,15-16H2,1H3,(H,27,29)/b26-14-. The van der Waals surface area contributed by atoms with Crippen molar-refractivity contribution in [1.29, 1.82) is 0 Å². The first-order valence-electron chi connectivity index (χ1n) is 9.81. The van der Waals surface area contributed by atoms with E-state index in [1.165, 1.54) is 17.8 Å². The summed E-state index contributed by atoms with van der Waals surface area (Å²) < 4.78 is 19.1. The van der Waals surface area contributed by atoms with Gasteiger partial charge >= 0.3 is 0 Å². The second kappa shape index (κ2) is 8.78. The number of nitrogens with zero attached hydrogens (tertiary/aromatic N) is 2. The average Bonchev–Trinajstić information content (AvgIpc) is 3.19. The van der Waals surface area contributed by atoms with E-state index in [2.05, 4.69) is 15.4 Å². The molecule has 0 saturated carbocycles. The van der Waals surface area contributed by atoms with Crippen molar-refractivity contribution in [3.8, 4) is 5.75 Å². The monoisotopic (exact) mass is 403 g/mol. The minimum absolute atomic E-state index is 0.317. The van der Waals surface area contributed by atoms with Crippen LogP contribution in [0.15, 0.2) is 71.8 Å². The number of nitrogens with one attached hydrogen (secondary N) is 1. The van der Waals surface area contributed by atoms with Gasteiger partial charge in [0.2, 0.25) is 0 Å². The van der Waals surface area contributed by atoms with Crippen molar-refractivity contribution in [2.75, 3.05) is 11.5 Å². The molecule has 152 valence electrons. The van der Waals surface area contributed by atoms with Gasteiger partial charge in [-0.15, -0.1) is 0 Å². The Morgan fingerprint density at radius 2 is 1.87 bits per heavy atom. The third kappa shape index (κ3) is 4.33. The lowest BCUT2D eigenvalue weighted by Gasteiger charge is -2.18. The number of benzene rings is 3. The number of amides is 1. The predicted octanol–water partition coefficient (Wildman–Crippen LogP) is 4.51. The van der Waals surface area contributed by atoms with Crippen molar-refractivity contribution >= 4 is 17.8 Å². The minimum atomic E-state index is -0.387. The molecule has 0 spiro atoms. The summed E-state index contributed by atoms with van der Waals surface area (Å²) in [6.45, 7) is 4.12. The van der Waals surface area contributed by atoms with Gasteiger partial charge < -0.3 is 9.64 Å². The number of anilines is 1. The van der Waals surface area contributed by atoms with Crippen molar-refractivity contribution in [2.24, 2.45) is 5.10 Å². The van der Waals surface area contributed by atoms with E-state index < -0.39 is 0 Å². The molecule has 1 heterocycles. The van der Waals surface area contributed by atoms with E-state index in [9.17, 15) is 9.18 Å². The fourth-order valence-electron chi connectivity index (χ4n) is 3.44. The molecule has 1 amide bonds. The Balaban J connectivity index is 1.41. The number of halogens is 1. The zero-order valence-electron chi connectivity index (χ0n) is 16.6. The highest BCUT2D eigenvalue weighted by atomic mass is 19.1. The third-order valence-corrected chi connectivity index (χ3v) is 4.98. The fraction of sp³-hybridized carbons (Fsp3) is 0.167. The van der Waals surface area contributed by atoms with E-state index in [1.807, 2.05) is 43.3 Å². The van der Waals surface area contributed by atoms with Gasteiger partial charge in [0, 0.05) is 29.9 Å². The number of hydrogen-bond donors (Lipinski definition) is 1. The summed E-state index contributed by atoms with van der Waals surface area (Å²) in [6.07, 6.45) is 1.30. The summed E-state index contributed by atoms with van der Waals surface area (Å²) in [6, 6.07) is 19.9. The summed E-state index contributed by atoms with van der Waals surface area (Å²) in [7, 11) is 0. The van der Waals surface area contributed by atoms with E-state index in [0.717, 1.165) is 30.1 Å². The van der Waals surface area contributed by atoms with Crippen LogP contribution < -0.4 is 15.1 Å². The smallest absolute Gasteiger partial charge is 0.271 e. The summed E-state index contributed by atoms with van der Waals surface area (Å²) in [4.78, 5) is 14.7. The molecular weight excluding hydrogens is 381 g/mol. The lowest BCUT2D eigenvalue weighted by atomic mass is 10.1. The summed E-state index contributed by atoms with van der Waals surface area (Å²) in [5.74, 6) is 0.139. The van der Waals surface area contributed by atoms with E-state index in [-0.39, 0.29) is 11.7 Å². The van der Waals surface area contributed by atoms with Gasteiger partial charge in [-0.25, -0.2) is 9.82 Å². The molecule has 0 atom stereocenters. The second-order valence-corrected chi connectivity index (χ2v) is 6.99. The minimum Gasteiger partial charge on any atom is -0.494 e. The van der Waals surface area contributed by atoms with Crippen LogP contribution in [0, 0.1) is 5.82 Å². The molecule has 1 aliphatic rings. The van der Waals surface area contributed by atoms with Crippen molar-refractivity contribution < 1.29 is 13.9 Å². The third-order valence-electron chi connectivity index (χ3n) is 4.98. The van der Waals surface area contributed by atoms with Gasteiger partial charge in [0.1, 0.15) is 11.6 Å². The van der Waals surface area contributed by atoms with Gasteiger partial charge in [-0.05, 0) is 60.5 Å². The van der Waals surface area contributed by atoms with Gasteiger partial charge in [0.15, 0.2) is 0 Å². The molecule has 6 heteroatoms. The molecule has 4 rings (SSSR count). The molecule has 0 unspecified atom stereocenters. The number of hydrogen-bond acceptors (Lipinski definition) is 4. The highest BCUT2D eigenvalue weighted by molar-refractivity contribution is 5.95. The Morgan fingerprint density at radius 3 is 2.63 bits per heavy atom. The summed E-state index contributed by atoms with van der Waals surface area (Å²) in [5.41, 5.74) is 6.70. The molecule has 5 nitrogen and oxygen atoms in total. The molecule has 1 aliphatic heterocycles. The van der Waals surface area contributed by atoms with Crippen LogP contribution in [0.3, 0.4) is 0 Å². The first-order chi connectivity index (χ1) is 14.6. The van der Waals surface area contributed by atoms with Crippen LogP contribution in [0.2, 0.25) is 0 Å². The predicted molar refractivity (Wildman–Crippen MR) is 115 cm³/mol. The largest absolute Gasteiger partial charge is 0.494 e. The molecule has 0 fully saturated rings. The molecule has 0 aliphatic carbocycles. The van der Waals surface area contributed by atoms with Crippen LogP contribution in [0.4, 0.5) is 10.1 Å². The van der Waals surface area contributed by atoms with E-state index in [0.29, 0.717) is 17.7 Å². The Hall–Kier alpha value is -3.67. The zero-order chi connectivity index (χ0) is 20.9. The maximum absolute atomic E-state index is 13.6. The second-order valence-electron chi connectivity index (χ2n) is 6.99. The number of carbonyl (C=O) groups excluding carboxylic acids is 1. The normalized spacial score (nSPS) is 12.8. The van der Waals surface area contributed by atoms with Gasteiger partial charge in [0.25, 0.3) is 5.91 Å². The SMILES string of the molecule is CCOc1ccc(N2Cc3ccc(C(=O)N/N=C\c4ccccc4F)cc3C2)cc1. The lowest BCUT2D eigenvalue weighted by molar-refractivity contribution is 0.0955. The van der Waals surface area contributed by atoms with Crippen LogP contribution >= 0.6 is 0 Å². The molecular formula is C24H22FN3O2. The van der Waals surface area contributed by atoms with Gasteiger partial charge in [-0.3, -0.25) is 4.79 Å².